The molecule has 3 atom stereocenters. The summed E-state index contributed by atoms with van der Waals surface area (Å²) in [6.07, 6.45) is 11.0. The first-order valence-corrected chi connectivity index (χ1v) is 8.93. The highest BCUT2D eigenvalue weighted by Gasteiger charge is 2.40. The lowest BCUT2D eigenvalue weighted by Gasteiger charge is -2.44. The standard InChI is InChI=1S/C17H33N3/c1-15-5-2-8-17(14-18,9-7-15)20-12-4-11-19-10-3-6-16(19)13-20/h15-16H,2-14,18H2,1H3. The van der Waals surface area contributed by atoms with E-state index >= 15 is 0 Å². The van der Waals surface area contributed by atoms with Crippen molar-refractivity contribution in [2.45, 2.75) is 69.9 Å². The summed E-state index contributed by atoms with van der Waals surface area (Å²) in [6.45, 7) is 8.51. The first-order chi connectivity index (χ1) is 9.73. The summed E-state index contributed by atoms with van der Waals surface area (Å²) in [5, 5.41) is 0. The van der Waals surface area contributed by atoms with Gasteiger partial charge in [-0.1, -0.05) is 19.8 Å². The minimum atomic E-state index is 0.323. The Morgan fingerprint density at radius 2 is 1.85 bits per heavy atom. The first kappa shape index (κ1) is 14.8. The summed E-state index contributed by atoms with van der Waals surface area (Å²) in [5.74, 6) is 0.901. The molecule has 0 radical (unpaired) electrons. The van der Waals surface area contributed by atoms with Crippen molar-refractivity contribution in [2.75, 3.05) is 32.7 Å². The maximum atomic E-state index is 6.32. The lowest BCUT2D eigenvalue weighted by atomic mass is 9.87. The van der Waals surface area contributed by atoms with Crippen LogP contribution in [-0.4, -0.2) is 54.1 Å². The highest BCUT2D eigenvalue weighted by molar-refractivity contribution is 4.97. The second-order valence-corrected chi connectivity index (χ2v) is 7.60. The fourth-order valence-corrected chi connectivity index (χ4v) is 4.85. The monoisotopic (exact) mass is 279 g/mol. The largest absolute Gasteiger partial charge is 0.329 e. The minimum Gasteiger partial charge on any atom is -0.329 e. The van der Waals surface area contributed by atoms with E-state index in [0.717, 1.165) is 18.5 Å². The van der Waals surface area contributed by atoms with Crippen LogP contribution in [0.5, 0.6) is 0 Å². The zero-order chi connectivity index (χ0) is 14.0. The molecule has 3 fully saturated rings. The third-order valence-electron chi connectivity index (χ3n) is 6.30. The zero-order valence-electron chi connectivity index (χ0n) is 13.3. The second kappa shape index (κ2) is 6.33. The van der Waals surface area contributed by atoms with Gasteiger partial charge in [-0.3, -0.25) is 9.80 Å². The van der Waals surface area contributed by atoms with Gasteiger partial charge in [0.2, 0.25) is 0 Å². The summed E-state index contributed by atoms with van der Waals surface area (Å²) in [7, 11) is 0. The molecule has 20 heavy (non-hydrogen) atoms. The van der Waals surface area contributed by atoms with Crippen LogP contribution < -0.4 is 5.73 Å². The van der Waals surface area contributed by atoms with Crippen LogP contribution in [0.1, 0.15) is 58.3 Å². The van der Waals surface area contributed by atoms with E-state index in [2.05, 4.69) is 16.7 Å². The Morgan fingerprint density at radius 3 is 2.70 bits per heavy atom. The van der Waals surface area contributed by atoms with E-state index in [0.29, 0.717) is 5.54 Å². The second-order valence-electron chi connectivity index (χ2n) is 7.60. The van der Waals surface area contributed by atoms with Gasteiger partial charge in [0, 0.05) is 31.2 Å². The number of nitrogens with zero attached hydrogens (tertiary/aromatic N) is 2. The molecule has 0 aromatic carbocycles. The number of hydrogen-bond acceptors (Lipinski definition) is 3. The molecular formula is C17H33N3. The van der Waals surface area contributed by atoms with Crippen molar-refractivity contribution in [3.05, 3.63) is 0 Å². The van der Waals surface area contributed by atoms with Gasteiger partial charge in [0.15, 0.2) is 0 Å². The van der Waals surface area contributed by atoms with E-state index < -0.39 is 0 Å². The van der Waals surface area contributed by atoms with Crippen LogP contribution >= 0.6 is 0 Å². The molecule has 3 unspecified atom stereocenters. The first-order valence-electron chi connectivity index (χ1n) is 8.93. The molecule has 3 heteroatoms. The highest BCUT2D eigenvalue weighted by atomic mass is 15.3. The average Bonchev–Trinajstić information content (AvgIpc) is 2.68. The Kier molecular flexibility index (Phi) is 4.68. The maximum Gasteiger partial charge on any atom is 0.0332 e. The number of hydrogen-bond donors (Lipinski definition) is 1. The van der Waals surface area contributed by atoms with Crippen LogP contribution in [0.4, 0.5) is 0 Å². The van der Waals surface area contributed by atoms with Crippen molar-refractivity contribution in [3.8, 4) is 0 Å². The summed E-state index contributed by atoms with van der Waals surface area (Å²) < 4.78 is 0. The fraction of sp³-hybridized carbons (Fsp3) is 1.00. The molecule has 0 aromatic heterocycles. The summed E-state index contributed by atoms with van der Waals surface area (Å²) >= 11 is 0. The van der Waals surface area contributed by atoms with Gasteiger partial charge in [-0.15, -0.1) is 0 Å². The van der Waals surface area contributed by atoms with E-state index in [1.54, 1.807) is 0 Å². The van der Waals surface area contributed by atoms with Gasteiger partial charge < -0.3 is 5.73 Å². The van der Waals surface area contributed by atoms with Crippen LogP contribution in [-0.2, 0) is 0 Å². The van der Waals surface area contributed by atoms with Crippen molar-refractivity contribution in [1.82, 2.24) is 9.80 Å². The Balaban J connectivity index is 1.73. The topological polar surface area (TPSA) is 32.5 Å². The van der Waals surface area contributed by atoms with Crippen molar-refractivity contribution < 1.29 is 0 Å². The van der Waals surface area contributed by atoms with E-state index in [1.165, 1.54) is 77.5 Å². The molecule has 116 valence electrons. The molecule has 0 bridgehead atoms. The Bertz CT molecular complexity index is 319. The van der Waals surface area contributed by atoms with E-state index in [-0.39, 0.29) is 0 Å². The summed E-state index contributed by atoms with van der Waals surface area (Å²) in [6, 6.07) is 0.821. The Morgan fingerprint density at radius 1 is 1.00 bits per heavy atom. The highest BCUT2D eigenvalue weighted by Crippen LogP contribution is 2.36. The van der Waals surface area contributed by atoms with E-state index in [9.17, 15) is 0 Å². The van der Waals surface area contributed by atoms with Crippen molar-refractivity contribution in [1.29, 1.82) is 0 Å². The van der Waals surface area contributed by atoms with E-state index in [1.807, 2.05) is 0 Å². The Hall–Kier alpha value is -0.120. The van der Waals surface area contributed by atoms with Crippen molar-refractivity contribution in [2.24, 2.45) is 11.7 Å². The maximum absolute atomic E-state index is 6.32. The number of fused-ring (bicyclic) bond motifs is 1. The van der Waals surface area contributed by atoms with Gasteiger partial charge >= 0.3 is 0 Å². The molecule has 2 saturated heterocycles. The molecule has 1 saturated carbocycles. The third-order valence-corrected chi connectivity index (χ3v) is 6.30. The summed E-state index contributed by atoms with van der Waals surface area (Å²) in [5.41, 5.74) is 6.64. The molecule has 2 heterocycles. The van der Waals surface area contributed by atoms with Crippen LogP contribution in [0.15, 0.2) is 0 Å². The van der Waals surface area contributed by atoms with Crippen LogP contribution in [0.2, 0.25) is 0 Å². The summed E-state index contributed by atoms with van der Waals surface area (Å²) in [4.78, 5) is 5.56. The smallest absolute Gasteiger partial charge is 0.0332 e. The lowest BCUT2D eigenvalue weighted by molar-refractivity contribution is 0.0693. The fourth-order valence-electron chi connectivity index (χ4n) is 4.85. The van der Waals surface area contributed by atoms with Gasteiger partial charge in [-0.05, 0) is 57.5 Å². The average molecular weight is 279 g/mol. The third kappa shape index (κ3) is 2.90. The molecule has 3 rings (SSSR count). The molecule has 2 N–H and O–H groups in total. The van der Waals surface area contributed by atoms with Gasteiger partial charge in [-0.25, -0.2) is 0 Å². The SMILES string of the molecule is CC1CCCC(CN)(N2CCCN3CCCC3C2)CC1. The van der Waals surface area contributed by atoms with E-state index in [4.69, 9.17) is 5.73 Å². The lowest BCUT2D eigenvalue weighted by Crippen LogP contribution is -2.56. The molecule has 3 nitrogen and oxygen atoms in total. The van der Waals surface area contributed by atoms with Crippen molar-refractivity contribution in [3.63, 3.8) is 0 Å². The van der Waals surface area contributed by atoms with Gasteiger partial charge in [0.25, 0.3) is 0 Å². The van der Waals surface area contributed by atoms with Gasteiger partial charge in [0.05, 0.1) is 0 Å². The molecule has 0 aromatic rings. The van der Waals surface area contributed by atoms with Crippen LogP contribution in [0.25, 0.3) is 0 Å². The van der Waals surface area contributed by atoms with Crippen LogP contribution in [0, 0.1) is 5.92 Å². The minimum absolute atomic E-state index is 0.323. The molecule has 1 aliphatic carbocycles. The number of rotatable bonds is 2. The zero-order valence-corrected chi connectivity index (χ0v) is 13.3. The predicted molar refractivity (Wildman–Crippen MR) is 84.8 cm³/mol. The molecule has 0 amide bonds. The Labute approximate surface area is 124 Å². The van der Waals surface area contributed by atoms with Gasteiger partial charge in [-0.2, -0.15) is 0 Å². The molecule has 0 spiro atoms. The van der Waals surface area contributed by atoms with Gasteiger partial charge in [0.1, 0.15) is 0 Å². The number of nitrogens with two attached hydrogens (primary N) is 1. The molecular weight excluding hydrogens is 246 g/mol. The van der Waals surface area contributed by atoms with Crippen molar-refractivity contribution >= 4 is 0 Å². The molecule has 3 aliphatic rings. The predicted octanol–water partition coefficient (Wildman–Crippen LogP) is 2.45. The quantitative estimate of drug-likeness (QED) is 0.788. The normalized spacial score (nSPS) is 41.1. The molecule has 2 aliphatic heterocycles. The van der Waals surface area contributed by atoms with Crippen LogP contribution in [0.3, 0.4) is 0 Å².